The van der Waals surface area contributed by atoms with Gasteiger partial charge in [0.25, 0.3) is 0 Å². The van der Waals surface area contributed by atoms with Crippen LogP contribution in [-0.4, -0.2) is 19.5 Å². The average molecular weight is 675 g/mol. The molecule has 9 rings (SSSR count). The molecular formula is C45H31N4OP. The Morgan fingerprint density at radius 3 is 1.47 bits per heavy atom. The lowest BCUT2D eigenvalue weighted by molar-refractivity contribution is 0.592. The van der Waals surface area contributed by atoms with Crippen molar-refractivity contribution in [1.29, 1.82) is 0 Å². The molecule has 2 heterocycles. The van der Waals surface area contributed by atoms with Gasteiger partial charge in [-0.25, -0.2) is 15.0 Å². The first-order valence-electron chi connectivity index (χ1n) is 16.9. The van der Waals surface area contributed by atoms with E-state index in [0.29, 0.717) is 17.5 Å². The van der Waals surface area contributed by atoms with Crippen molar-refractivity contribution in [1.82, 2.24) is 19.5 Å². The Morgan fingerprint density at radius 1 is 0.392 bits per heavy atom. The third-order valence-corrected chi connectivity index (χ3v) is 12.4. The predicted molar refractivity (Wildman–Crippen MR) is 210 cm³/mol. The van der Waals surface area contributed by atoms with Crippen LogP contribution in [0.2, 0.25) is 0 Å². The molecular weight excluding hydrogens is 643 g/mol. The molecule has 0 radical (unpaired) electrons. The van der Waals surface area contributed by atoms with Gasteiger partial charge >= 0.3 is 0 Å². The summed E-state index contributed by atoms with van der Waals surface area (Å²) in [4.78, 5) is 15.1. The summed E-state index contributed by atoms with van der Waals surface area (Å²) in [6.45, 7) is 0. The van der Waals surface area contributed by atoms with Gasteiger partial charge in [-0.2, -0.15) is 0 Å². The quantitative estimate of drug-likeness (QED) is 0.158. The van der Waals surface area contributed by atoms with E-state index in [0.717, 1.165) is 60.1 Å². The zero-order valence-corrected chi connectivity index (χ0v) is 28.4. The number of nitrogens with zero attached hydrogens (tertiary/aromatic N) is 4. The number of benzene rings is 7. The third-order valence-electron chi connectivity index (χ3n) is 9.34. The molecule has 0 bridgehead atoms. The summed E-state index contributed by atoms with van der Waals surface area (Å²) in [5, 5.41) is 4.50. The molecule has 9 aromatic rings. The Morgan fingerprint density at radius 2 is 0.863 bits per heavy atom. The van der Waals surface area contributed by atoms with Crippen LogP contribution in [0, 0.1) is 0 Å². The SMILES string of the molecule is O=P(c1ccccc1)(c1ccccc1)c1ccc2c(c1)c1ccccc1n2-c1ccccc1-c1nc(-c2ccccc2)nc(-c2ccccc2)n1. The van der Waals surface area contributed by atoms with Crippen molar-refractivity contribution < 1.29 is 4.57 Å². The Kier molecular flexibility index (Phi) is 7.68. The van der Waals surface area contributed by atoms with Crippen LogP contribution in [0.1, 0.15) is 0 Å². The molecule has 6 heteroatoms. The van der Waals surface area contributed by atoms with E-state index in [9.17, 15) is 0 Å². The van der Waals surface area contributed by atoms with E-state index in [1.165, 1.54) is 0 Å². The minimum absolute atomic E-state index is 0.582. The van der Waals surface area contributed by atoms with E-state index >= 15 is 4.57 Å². The van der Waals surface area contributed by atoms with Gasteiger partial charge in [0.2, 0.25) is 0 Å². The van der Waals surface area contributed by atoms with E-state index < -0.39 is 7.14 Å². The van der Waals surface area contributed by atoms with Crippen molar-refractivity contribution in [2.24, 2.45) is 0 Å². The van der Waals surface area contributed by atoms with Crippen molar-refractivity contribution in [3.8, 4) is 39.9 Å². The van der Waals surface area contributed by atoms with Crippen LogP contribution in [0.4, 0.5) is 0 Å². The highest BCUT2D eigenvalue weighted by Gasteiger charge is 2.30. The maximum Gasteiger partial charge on any atom is 0.171 e. The second kappa shape index (κ2) is 12.8. The van der Waals surface area contributed by atoms with Gasteiger partial charge in [-0.1, -0.05) is 152 Å². The van der Waals surface area contributed by atoms with E-state index in [1.807, 2.05) is 140 Å². The summed E-state index contributed by atoms with van der Waals surface area (Å²) in [5.41, 5.74) is 5.69. The molecule has 0 aliphatic heterocycles. The van der Waals surface area contributed by atoms with Crippen LogP contribution in [0.15, 0.2) is 188 Å². The maximum atomic E-state index is 15.4. The van der Waals surface area contributed by atoms with Gasteiger partial charge in [-0.05, 0) is 36.4 Å². The van der Waals surface area contributed by atoms with Gasteiger partial charge in [0.1, 0.15) is 0 Å². The van der Waals surface area contributed by atoms with Crippen LogP contribution in [0.3, 0.4) is 0 Å². The van der Waals surface area contributed by atoms with Gasteiger partial charge in [0.05, 0.1) is 16.7 Å². The average Bonchev–Trinajstić information content (AvgIpc) is 3.55. The van der Waals surface area contributed by atoms with Gasteiger partial charge in [0.15, 0.2) is 24.6 Å². The van der Waals surface area contributed by atoms with Crippen LogP contribution in [-0.2, 0) is 4.57 Å². The van der Waals surface area contributed by atoms with Crippen LogP contribution in [0.5, 0.6) is 0 Å². The van der Waals surface area contributed by atoms with Crippen LogP contribution < -0.4 is 15.9 Å². The monoisotopic (exact) mass is 674 g/mol. The fraction of sp³-hybridized carbons (Fsp3) is 0. The second-order valence-corrected chi connectivity index (χ2v) is 15.2. The molecule has 7 aromatic carbocycles. The molecule has 0 N–H and O–H groups in total. The first-order valence-corrected chi connectivity index (χ1v) is 18.6. The second-order valence-electron chi connectivity index (χ2n) is 12.4. The van der Waals surface area contributed by atoms with Crippen molar-refractivity contribution in [3.63, 3.8) is 0 Å². The molecule has 0 amide bonds. The summed E-state index contributed by atoms with van der Waals surface area (Å²) in [6.07, 6.45) is 0. The van der Waals surface area contributed by atoms with Gasteiger partial charge < -0.3 is 9.13 Å². The highest BCUT2D eigenvalue weighted by atomic mass is 31.2. The molecule has 0 saturated carbocycles. The molecule has 0 fully saturated rings. The fourth-order valence-corrected chi connectivity index (χ4v) is 9.60. The summed E-state index contributed by atoms with van der Waals surface area (Å²) in [5.74, 6) is 1.80. The predicted octanol–water partition coefficient (Wildman–Crippen LogP) is 9.61. The summed E-state index contributed by atoms with van der Waals surface area (Å²) >= 11 is 0. The Labute approximate surface area is 296 Å². The smallest absolute Gasteiger partial charge is 0.171 e. The lowest BCUT2D eigenvalue weighted by atomic mass is 10.1. The number of para-hydroxylation sites is 2. The number of fused-ring (bicyclic) bond motifs is 3. The Balaban J connectivity index is 1.28. The maximum absolute atomic E-state index is 15.4. The highest BCUT2D eigenvalue weighted by molar-refractivity contribution is 7.85. The van der Waals surface area contributed by atoms with E-state index in [2.05, 4.69) is 53.1 Å². The molecule has 0 spiro atoms. The third kappa shape index (κ3) is 5.36. The van der Waals surface area contributed by atoms with Gasteiger partial charge in [-0.3, -0.25) is 0 Å². The number of hydrogen-bond acceptors (Lipinski definition) is 4. The van der Waals surface area contributed by atoms with Crippen molar-refractivity contribution in [3.05, 3.63) is 188 Å². The first-order chi connectivity index (χ1) is 25.2. The zero-order chi connectivity index (χ0) is 34.2. The molecule has 0 atom stereocenters. The van der Waals surface area contributed by atoms with E-state index in [1.54, 1.807) is 0 Å². The van der Waals surface area contributed by atoms with Crippen LogP contribution in [0.25, 0.3) is 61.7 Å². The lowest BCUT2D eigenvalue weighted by Crippen LogP contribution is -2.24. The minimum atomic E-state index is -3.18. The molecule has 0 unspecified atom stereocenters. The van der Waals surface area contributed by atoms with E-state index in [-0.39, 0.29) is 0 Å². The summed E-state index contributed by atoms with van der Waals surface area (Å²) < 4.78 is 17.7. The minimum Gasteiger partial charge on any atom is -0.309 e. The fourth-order valence-electron chi connectivity index (χ4n) is 6.93. The Bertz CT molecular complexity index is 2610. The molecule has 0 aliphatic rings. The molecule has 2 aromatic heterocycles. The topological polar surface area (TPSA) is 60.7 Å². The molecule has 0 aliphatic carbocycles. The number of rotatable bonds is 7. The van der Waals surface area contributed by atoms with Gasteiger partial charge in [0, 0.05) is 43.4 Å². The largest absolute Gasteiger partial charge is 0.309 e. The Hall–Kier alpha value is -6.42. The molecule has 51 heavy (non-hydrogen) atoms. The highest BCUT2D eigenvalue weighted by Crippen LogP contribution is 2.44. The molecule has 242 valence electrons. The molecule has 0 saturated heterocycles. The van der Waals surface area contributed by atoms with Crippen LogP contribution >= 0.6 is 7.14 Å². The van der Waals surface area contributed by atoms with Gasteiger partial charge in [-0.15, -0.1) is 0 Å². The number of hydrogen-bond donors (Lipinski definition) is 0. The number of aromatic nitrogens is 4. The standard InChI is InChI=1S/C45H31N4OP/c50-51(34-21-9-3-10-22-34,35-23-11-4-12-24-35)36-29-30-42-39(31-36)37-25-13-15-27-40(37)49(42)41-28-16-14-26-38(41)45-47-43(32-17-5-1-6-18-32)46-44(48-45)33-19-7-2-8-20-33/h1-31H. The zero-order valence-electron chi connectivity index (χ0n) is 27.5. The molecule has 5 nitrogen and oxygen atoms in total. The summed E-state index contributed by atoms with van der Waals surface area (Å²) in [7, 11) is -3.18. The lowest BCUT2D eigenvalue weighted by Gasteiger charge is -2.20. The van der Waals surface area contributed by atoms with Crippen molar-refractivity contribution in [2.75, 3.05) is 0 Å². The van der Waals surface area contributed by atoms with Crippen molar-refractivity contribution in [2.45, 2.75) is 0 Å². The summed E-state index contributed by atoms with van der Waals surface area (Å²) in [6, 6.07) is 62.6. The normalized spacial score (nSPS) is 11.6. The van der Waals surface area contributed by atoms with E-state index in [4.69, 9.17) is 15.0 Å². The van der Waals surface area contributed by atoms with Crippen molar-refractivity contribution >= 4 is 44.9 Å². The first kappa shape index (κ1) is 30.6.